The molecule has 0 aliphatic heterocycles. The Morgan fingerprint density at radius 1 is 1.12 bits per heavy atom. The third-order valence-electron chi connectivity index (χ3n) is 3.95. The molecule has 0 radical (unpaired) electrons. The number of nitrogens with zero attached hydrogens (tertiary/aromatic N) is 4. The van der Waals surface area contributed by atoms with Gasteiger partial charge >= 0.3 is 0 Å². The molecule has 0 unspecified atom stereocenters. The van der Waals surface area contributed by atoms with Gasteiger partial charge in [0.05, 0.1) is 25.6 Å². The molecule has 2 heterocycles. The molecule has 2 aromatic heterocycles. The minimum absolute atomic E-state index is 0.611. The average molecular weight is 340 g/mol. The third kappa shape index (κ3) is 4.28. The van der Waals surface area contributed by atoms with Crippen LogP contribution in [0.1, 0.15) is 12.8 Å². The quantitative estimate of drug-likeness (QED) is 0.590. The Morgan fingerprint density at radius 3 is 2.80 bits per heavy atom. The van der Waals surface area contributed by atoms with Crippen molar-refractivity contribution in [2.75, 3.05) is 34.4 Å². The van der Waals surface area contributed by atoms with Gasteiger partial charge in [-0.15, -0.1) is 5.10 Å². The summed E-state index contributed by atoms with van der Waals surface area (Å²) in [6, 6.07) is 11.7. The van der Waals surface area contributed by atoms with E-state index in [1.165, 1.54) is 0 Å². The molecule has 132 valence electrons. The van der Waals surface area contributed by atoms with E-state index in [4.69, 9.17) is 9.47 Å². The summed E-state index contributed by atoms with van der Waals surface area (Å²) in [5.41, 5.74) is 2.70. The topological polar surface area (TPSA) is 51.9 Å². The smallest absolute Gasteiger partial charge is 0.231 e. The van der Waals surface area contributed by atoms with Gasteiger partial charge in [-0.3, -0.25) is 0 Å². The summed E-state index contributed by atoms with van der Waals surface area (Å²) in [6.45, 7) is 1.73. The molecule has 3 rings (SSSR count). The maximum Gasteiger partial charge on any atom is 0.231 e. The Hall–Kier alpha value is -2.60. The fraction of sp³-hybridized carbons (Fsp3) is 0.368. The number of rotatable bonds is 8. The van der Waals surface area contributed by atoms with E-state index in [2.05, 4.69) is 29.1 Å². The first-order valence-electron chi connectivity index (χ1n) is 8.44. The van der Waals surface area contributed by atoms with E-state index < -0.39 is 0 Å². The highest BCUT2D eigenvalue weighted by Crippen LogP contribution is 2.24. The van der Waals surface area contributed by atoms with Crippen LogP contribution in [0.2, 0.25) is 0 Å². The van der Waals surface area contributed by atoms with Crippen molar-refractivity contribution in [3.05, 3.63) is 42.6 Å². The monoisotopic (exact) mass is 340 g/mol. The average Bonchev–Trinajstić information content (AvgIpc) is 3.04. The van der Waals surface area contributed by atoms with Crippen molar-refractivity contribution in [1.82, 2.24) is 19.5 Å². The third-order valence-corrected chi connectivity index (χ3v) is 3.95. The fourth-order valence-electron chi connectivity index (χ4n) is 2.62. The van der Waals surface area contributed by atoms with Gasteiger partial charge in [0.25, 0.3) is 0 Å². The number of unbranched alkanes of at least 4 members (excludes halogenated alkanes) is 1. The fourth-order valence-corrected chi connectivity index (χ4v) is 2.62. The first-order valence-corrected chi connectivity index (χ1v) is 8.44. The number of aromatic nitrogens is 3. The van der Waals surface area contributed by atoms with E-state index in [1.807, 2.05) is 47.1 Å². The van der Waals surface area contributed by atoms with Crippen LogP contribution in [0.3, 0.4) is 0 Å². The molecule has 6 nitrogen and oxygen atoms in total. The van der Waals surface area contributed by atoms with E-state index in [-0.39, 0.29) is 0 Å². The first kappa shape index (κ1) is 17.2. The molecule has 0 aliphatic rings. The Bertz CT molecular complexity index is 829. The predicted molar refractivity (Wildman–Crippen MR) is 98.3 cm³/mol. The zero-order chi connectivity index (χ0) is 17.6. The van der Waals surface area contributed by atoms with E-state index in [0.29, 0.717) is 12.5 Å². The number of imidazole rings is 1. The van der Waals surface area contributed by atoms with Gasteiger partial charge < -0.3 is 14.4 Å². The van der Waals surface area contributed by atoms with Gasteiger partial charge in [0.1, 0.15) is 5.75 Å². The molecule has 0 amide bonds. The molecule has 0 spiro atoms. The van der Waals surface area contributed by atoms with Gasteiger partial charge in [-0.25, -0.2) is 9.50 Å². The second-order valence-electron chi connectivity index (χ2n) is 6.18. The van der Waals surface area contributed by atoms with E-state index in [0.717, 1.165) is 42.0 Å². The predicted octanol–water partition coefficient (Wildman–Crippen LogP) is 3.13. The molecule has 0 saturated heterocycles. The number of benzene rings is 1. The molecule has 0 bridgehead atoms. The second-order valence-corrected chi connectivity index (χ2v) is 6.18. The first-order chi connectivity index (χ1) is 12.2. The molecule has 0 atom stereocenters. The Morgan fingerprint density at radius 2 is 2.00 bits per heavy atom. The molecular weight excluding hydrogens is 316 g/mol. The van der Waals surface area contributed by atoms with Gasteiger partial charge in [0, 0.05) is 11.6 Å². The number of methoxy groups -OCH3 is 1. The summed E-state index contributed by atoms with van der Waals surface area (Å²) in [7, 11) is 5.82. The largest absolute Gasteiger partial charge is 0.497 e. The molecule has 25 heavy (non-hydrogen) atoms. The number of ether oxygens (including phenoxy) is 2. The SMILES string of the molecule is COc1cccc(-c2cnc3ccc(OCCCCN(C)C)nn23)c1. The minimum atomic E-state index is 0.611. The van der Waals surface area contributed by atoms with Crippen molar-refractivity contribution >= 4 is 5.65 Å². The summed E-state index contributed by atoms with van der Waals surface area (Å²) >= 11 is 0. The van der Waals surface area contributed by atoms with Gasteiger partial charge in [0.15, 0.2) is 5.65 Å². The Labute approximate surface area is 148 Å². The van der Waals surface area contributed by atoms with Gasteiger partial charge in [0.2, 0.25) is 5.88 Å². The van der Waals surface area contributed by atoms with E-state index >= 15 is 0 Å². The lowest BCUT2D eigenvalue weighted by atomic mass is 10.1. The summed E-state index contributed by atoms with van der Waals surface area (Å²) in [5.74, 6) is 1.42. The van der Waals surface area contributed by atoms with Crippen LogP contribution in [0.5, 0.6) is 11.6 Å². The second kappa shape index (κ2) is 7.98. The highest BCUT2D eigenvalue weighted by atomic mass is 16.5. The van der Waals surface area contributed by atoms with Crippen LogP contribution in [0.4, 0.5) is 0 Å². The van der Waals surface area contributed by atoms with Crippen molar-refractivity contribution in [1.29, 1.82) is 0 Å². The molecule has 0 fully saturated rings. The highest BCUT2D eigenvalue weighted by molar-refractivity contribution is 5.64. The zero-order valence-corrected chi connectivity index (χ0v) is 15.0. The van der Waals surface area contributed by atoms with Gasteiger partial charge in [-0.1, -0.05) is 12.1 Å². The lowest BCUT2D eigenvalue weighted by Gasteiger charge is -2.10. The molecule has 6 heteroatoms. The minimum Gasteiger partial charge on any atom is -0.497 e. The van der Waals surface area contributed by atoms with Crippen LogP contribution in [0.25, 0.3) is 16.9 Å². The maximum atomic E-state index is 5.80. The van der Waals surface area contributed by atoms with Crippen LogP contribution in [0.15, 0.2) is 42.6 Å². The molecule has 0 N–H and O–H groups in total. The summed E-state index contributed by atoms with van der Waals surface area (Å²) in [5, 5.41) is 4.58. The Balaban J connectivity index is 1.75. The molecule has 3 aromatic rings. The molecule has 0 saturated carbocycles. The summed E-state index contributed by atoms with van der Waals surface area (Å²) in [6.07, 6.45) is 3.93. The van der Waals surface area contributed by atoms with Crippen molar-refractivity contribution in [2.24, 2.45) is 0 Å². The van der Waals surface area contributed by atoms with E-state index in [1.54, 1.807) is 7.11 Å². The number of hydrogen-bond acceptors (Lipinski definition) is 5. The Kier molecular flexibility index (Phi) is 5.50. The lowest BCUT2D eigenvalue weighted by molar-refractivity contribution is 0.280. The lowest BCUT2D eigenvalue weighted by Crippen LogP contribution is -2.14. The molecule has 0 aliphatic carbocycles. The molecular formula is C19H24N4O2. The van der Waals surface area contributed by atoms with Crippen molar-refractivity contribution < 1.29 is 9.47 Å². The number of fused-ring (bicyclic) bond motifs is 1. The van der Waals surface area contributed by atoms with Crippen LogP contribution in [-0.2, 0) is 0 Å². The summed E-state index contributed by atoms with van der Waals surface area (Å²) < 4.78 is 12.9. The van der Waals surface area contributed by atoms with Crippen molar-refractivity contribution in [3.63, 3.8) is 0 Å². The van der Waals surface area contributed by atoms with E-state index in [9.17, 15) is 0 Å². The van der Waals surface area contributed by atoms with Gasteiger partial charge in [-0.2, -0.15) is 0 Å². The van der Waals surface area contributed by atoms with Crippen molar-refractivity contribution in [2.45, 2.75) is 12.8 Å². The van der Waals surface area contributed by atoms with Crippen LogP contribution >= 0.6 is 0 Å². The van der Waals surface area contributed by atoms with Gasteiger partial charge in [-0.05, 0) is 51.7 Å². The maximum absolute atomic E-state index is 5.80. The standard InChI is InChI=1S/C19H24N4O2/c1-22(2)11-4-5-12-25-19-10-9-18-20-14-17(23(18)21-19)15-7-6-8-16(13-15)24-3/h6-10,13-14H,4-5,11-12H2,1-3H3. The highest BCUT2D eigenvalue weighted by Gasteiger charge is 2.09. The van der Waals surface area contributed by atoms with Crippen molar-refractivity contribution in [3.8, 4) is 22.9 Å². The number of hydrogen-bond donors (Lipinski definition) is 0. The van der Waals surface area contributed by atoms with Crippen LogP contribution in [0, 0.1) is 0 Å². The van der Waals surface area contributed by atoms with Crippen LogP contribution < -0.4 is 9.47 Å². The normalized spacial score (nSPS) is 11.2. The summed E-state index contributed by atoms with van der Waals surface area (Å²) in [4.78, 5) is 6.60. The zero-order valence-electron chi connectivity index (χ0n) is 15.0. The van der Waals surface area contributed by atoms with Crippen LogP contribution in [-0.4, -0.2) is 53.9 Å². The molecule has 1 aromatic carbocycles.